The lowest BCUT2D eigenvalue weighted by molar-refractivity contribution is -0.172. The van der Waals surface area contributed by atoms with Crippen LogP contribution in [0.15, 0.2) is 24.3 Å². The Morgan fingerprint density at radius 1 is 1.27 bits per heavy atom. The number of esters is 1. The minimum absolute atomic E-state index is 0.0597. The first-order chi connectivity index (χ1) is 12.6. The summed E-state index contributed by atoms with van der Waals surface area (Å²) in [5.41, 5.74) is 1.73. The largest absolute Gasteiger partial charge is 0.469 e. The van der Waals surface area contributed by atoms with Crippen LogP contribution in [0.5, 0.6) is 0 Å². The molecule has 1 aromatic carbocycles. The van der Waals surface area contributed by atoms with Crippen molar-refractivity contribution in [2.24, 2.45) is 11.3 Å². The van der Waals surface area contributed by atoms with Gasteiger partial charge in [-0.3, -0.25) is 9.59 Å². The van der Waals surface area contributed by atoms with Gasteiger partial charge in [0, 0.05) is 24.7 Å². The van der Waals surface area contributed by atoms with Crippen molar-refractivity contribution in [1.82, 2.24) is 4.90 Å². The first-order valence-corrected chi connectivity index (χ1v) is 9.83. The van der Waals surface area contributed by atoms with E-state index < -0.39 is 5.54 Å². The van der Waals surface area contributed by atoms with Gasteiger partial charge in [-0.05, 0) is 49.1 Å². The molecule has 5 heteroatoms. The summed E-state index contributed by atoms with van der Waals surface area (Å²) in [7, 11) is 1.50. The number of hydrogen-bond donors (Lipinski definition) is 1. The highest BCUT2D eigenvalue weighted by Gasteiger charge is 2.80. The highest BCUT2D eigenvalue weighted by atomic mass is 16.5. The van der Waals surface area contributed by atoms with E-state index in [0.717, 1.165) is 44.3 Å². The zero-order chi connectivity index (χ0) is 17.7. The van der Waals surface area contributed by atoms with Crippen LogP contribution in [0.4, 0.5) is 5.69 Å². The number of carbonyl (C=O) groups is 2. The van der Waals surface area contributed by atoms with Crippen LogP contribution < -0.4 is 5.32 Å². The molecule has 5 atom stereocenters. The molecule has 1 N–H and O–H groups in total. The summed E-state index contributed by atoms with van der Waals surface area (Å²) >= 11 is 0. The second-order valence-electron chi connectivity index (χ2n) is 9.03. The van der Waals surface area contributed by atoms with E-state index in [-0.39, 0.29) is 34.7 Å². The number of amides is 1. The van der Waals surface area contributed by atoms with Crippen LogP contribution >= 0.6 is 0 Å². The van der Waals surface area contributed by atoms with Gasteiger partial charge in [0.15, 0.2) is 0 Å². The Labute approximate surface area is 153 Å². The smallest absolute Gasteiger partial charge is 0.311 e. The molecular weight excluding hydrogens is 328 g/mol. The summed E-state index contributed by atoms with van der Waals surface area (Å²) in [6.07, 6.45) is 5.58. The van der Waals surface area contributed by atoms with E-state index in [2.05, 4.69) is 28.4 Å². The minimum Gasteiger partial charge on any atom is -0.469 e. The van der Waals surface area contributed by atoms with E-state index in [1.54, 1.807) is 0 Å². The number of nitrogens with zero attached hydrogens (tertiary/aromatic N) is 1. The zero-order valence-electron chi connectivity index (χ0n) is 15.1. The quantitative estimate of drug-likeness (QED) is 0.789. The number of ether oxygens (including phenoxy) is 1. The maximum absolute atomic E-state index is 13.1. The van der Waals surface area contributed by atoms with Crippen molar-refractivity contribution in [2.45, 2.75) is 55.5 Å². The second kappa shape index (κ2) is 4.44. The van der Waals surface area contributed by atoms with Gasteiger partial charge in [0.25, 0.3) is 0 Å². The number of nitrogens with one attached hydrogen (secondary N) is 1. The Hall–Kier alpha value is -2.04. The van der Waals surface area contributed by atoms with E-state index in [9.17, 15) is 9.59 Å². The number of benzene rings is 1. The van der Waals surface area contributed by atoms with Gasteiger partial charge in [0.1, 0.15) is 0 Å². The third-order valence-corrected chi connectivity index (χ3v) is 8.45. The molecule has 3 aliphatic carbocycles. The topological polar surface area (TPSA) is 58.6 Å². The Bertz CT molecular complexity index is 853. The molecule has 26 heavy (non-hydrogen) atoms. The van der Waals surface area contributed by atoms with Crippen molar-refractivity contribution in [3.05, 3.63) is 29.8 Å². The van der Waals surface area contributed by atoms with E-state index in [1.165, 1.54) is 12.7 Å². The van der Waals surface area contributed by atoms with Crippen molar-refractivity contribution in [3.63, 3.8) is 0 Å². The van der Waals surface area contributed by atoms with E-state index >= 15 is 0 Å². The van der Waals surface area contributed by atoms with Crippen molar-refractivity contribution in [1.29, 1.82) is 0 Å². The lowest BCUT2D eigenvalue weighted by atomic mass is 9.39. The van der Waals surface area contributed by atoms with Gasteiger partial charge in [-0.1, -0.05) is 18.2 Å². The molecule has 3 heterocycles. The molecule has 2 bridgehead atoms. The van der Waals surface area contributed by atoms with Gasteiger partial charge in [-0.15, -0.1) is 0 Å². The Balaban J connectivity index is 1.67. The number of piperidine rings is 1. The van der Waals surface area contributed by atoms with Crippen molar-refractivity contribution in [2.75, 3.05) is 19.0 Å². The van der Waals surface area contributed by atoms with E-state index in [4.69, 9.17) is 4.74 Å². The van der Waals surface area contributed by atoms with Crippen LogP contribution in [0.1, 0.15) is 44.1 Å². The van der Waals surface area contributed by atoms with Crippen LogP contribution in [0.25, 0.3) is 0 Å². The molecule has 0 aromatic heterocycles. The van der Waals surface area contributed by atoms with Gasteiger partial charge in [0.05, 0.1) is 24.0 Å². The summed E-state index contributed by atoms with van der Waals surface area (Å²) in [4.78, 5) is 28.2. The van der Waals surface area contributed by atoms with Gasteiger partial charge in [-0.2, -0.15) is 0 Å². The Morgan fingerprint density at radius 2 is 2.12 bits per heavy atom. The van der Waals surface area contributed by atoms with Gasteiger partial charge in [-0.25, -0.2) is 0 Å². The maximum atomic E-state index is 13.1. The van der Waals surface area contributed by atoms with Crippen molar-refractivity contribution in [3.8, 4) is 0 Å². The number of rotatable bonds is 1. The molecule has 136 valence electrons. The molecule has 3 spiro atoms. The fourth-order valence-electron chi connectivity index (χ4n) is 7.80. The van der Waals surface area contributed by atoms with Gasteiger partial charge in [0.2, 0.25) is 5.91 Å². The number of para-hydroxylation sites is 1. The molecule has 2 saturated heterocycles. The summed E-state index contributed by atoms with van der Waals surface area (Å²) in [5.74, 6) is -0.0243. The van der Waals surface area contributed by atoms with E-state index in [1.807, 2.05) is 6.07 Å². The molecule has 1 aromatic rings. The number of methoxy groups -OCH3 is 1. The molecule has 0 unspecified atom stereocenters. The highest BCUT2D eigenvalue weighted by molar-refractivity contribution is 5.89. The standard InChI is InChI=1S/C21H24N2O3/c1-26-17(25)14-11-19-7-4-10-23-16(24)12-20(18(19)23)13-5-2-3-6-15(13)22-21(14,20)9-8-19/h2-3,5-6,14,18,22H,4,7-12H2,1H3/t14-,18+,19+,20-,21+/m0/s1. The second-order valence-corrected chi connectivity index (χ2v) is 9.03. The first-order valence-electron chi connectivity index (χ1n) is 9.83. The van der Waals surface area contributed by atoms with E-state index in [0.29, 0.717) is 6.42 Å². The summed E-state index contributed by atoms with van der Waals surface area (Å²) < 4.78 is 5.27. The first kappa shape index (κ1) is 15.1. The third-order valence-electron chi connectivity index (χ3n) is 8.45. The van der Waals surface area contributed by atoms with Crippen LogP contribution in [0, 0.1) is 11.3 Å². The minimum atomic E-state index is -0.391. The molecule has 5 fully saturated rings. The van der Waals surface area contributed by atoms with Crippen molar-refractivity contribution >= 4 is 17.6 Å². The normalized spacial score (nSPS) is 44.2. The monoisotopic (exact) mass is 352 g/mol. The SMILES string of the molecule is COC(=O)[C@@H]1C[C@@]23CCCN4C(=O)C[C@]5(c6ccccc6N[C@]15CC2)[C@H]43. The van der Waals surface area contributed by atoms with Crippen molar-refractivity contribution < 1.29 is 14.3 Å². The van der Waals surface area contributed by atoms with Crippen LogP contribution in [0.2, 0.25) is 0 Å². The van der Waals surface area contributed by atoms with Gasteiger partial charge >= 0.3 is 5.97 Å². The molecular formula is C21H24N2O3. The van der Waals surface area contributed by atoms with Crippen LogP contribution in [-0.4, -0.2) is 42.0 Å². The number of hydrogen-bond acceptors (Lipinski definition) is 4. The molecule has 0 radical (unpaired) electrons. The fourth-order valence-corrected chi connectivity index (χ4v) is 7.80. The lowest BCUT2D eigenvalue weighted by Crippen LogP contribution is -2.76. The predicted octanol–water partition coefficient (Wildman–Crippen LogP) is 2.46. The average molecular weight is 352 g/mol. The molecule has 7 rings (SSSR count). The molecule has 3 aliphatic heterocycles. The summed E-state index contributed by atoms with van der Waals surface area (Å²) in [6, 6.07) is 8.64. The zero-order valence-corrected chi connectivity index (χ0v) is 15.1. The number of fused-ring (bicyclic) bond motifs is 3. The molecule has 5 nitrogen and oxygen atoms in total. The Morgan fingerprint density at radius 3 is 2.96 bits per heavy atom. The molecule has 3 saturated carbocycles. The molecule has 6 aliphatic rings. The van der Waals surface area contributed by atoms with Crippen LogP contribution in [0.3, 0.4) is 0 Å². The fraction of sp³-hybridized carbons (Fsp3) is 0.619. The molecule has 1 amide bonds. The number of carbonyl (C=O) groups excluding carboxylic acids is 2. The summed E-state index contributed by atoms with van der Waals surface area (Å²) in [6.45, 7) is 0.869. The maximum Gasteiger partial charge on any atom is 0.311 e. The predicted molar refractivity (Wildman–Crippen MR) is 95.6 cm³/mol. The summed E-state index contributed by atoms with van der Waals surface area (Å²) in [5, 5.41) is 3.79. The van der Waals surface area contributed by atoms with Gasteiger partial charge < -0.3 is 15.0 Å². The Kier molecular flexibility index (Phi) is 2.57. The lowest BCUT2D eigenvalue weighted by Gasteiger charge is -2.68. The average Bonchev–Trinajstić information content (AvgIpc) is 3.14. The van der Waals surface area contributed by atoms with Crippen LogP contribution in [-0.2, 0) is 19.7 Å². The third kappa shape index (κ3) is 1.34. The highest BCUT2D eigenvalue weighted by Crippen LogP contribution is 2.74. The number of anilines is 1.